The lowest BCUT2D eigenvalue weighted by Crippen LogP contribution is -2.54. The van der Waals surface area contributed by atoms with Gasteiger partial charge in [0.05, 0.1) is 5.56 Å². The molecule has 0 spiro atoms. The van der Waals surface area contributed by atoms with Gasteiger partial charge in [-0.1, -0.05) is 83.9 Å². The summed E-state index contributed by atoms with van der Waals surface area (Å²) in [6.45, 7) is 0. The van der Waals surface area contributed by atoms with E-state index in [-0.39, 0.29) is 21.8 Å². The maximum Gasteiger partial charge on any atom is 0.492 e. The Hall–Kier alpha value is -3.90. The van der Waals surface area contributed by atoms with E-state index in [1.807, 2.05) is 0 Å². The fraction of sp³-hybridized carbons (Fsp3) is 0.200. The van der Waals surface area contributed by atoms with E-state index >= 15 is 0 Å². The number of amides is 1. The standard InChI is InChI=1S/C25H19F6N3O3/c1-33-20(35)23(16-11-6-3-7-12-16,34(22(33)32)37-21(36)25(29,30)31)18-14-8-13-17(19(18)24(26,27)28)15-9-4-2-5-10-15/h2-14,22H,32H2,1H3. The van der Waals surface area contributed by atoms with Crippen LogP contribution >= 0.6 is 0 Å². The minimum atomic E-state index is -5.52. The van der Waals surface area contributed by atoms with E-state index in [2.05, 4.69) is 4.84 Å². The molecule has 1 heterocycles. The van der Waals surface area contributed by atoms with E-state index in [0.717, 1.165) is 13.1 Å². The van der Waals surface area contributed by atoms with E-state index in [1.54, 1.807) is 6.07 Å². The van der Waals surface area contributed by atoms with Crippen LogP contribution < -0.4 is 5.73 Å². The first-order valence-electron chi connectivity index (χ1n) is 10.7. The van der Waals surface area contributed by atoms with Gasteiger partial charge in [-0.15, -0.1) is 0 Å². The van der Waals surface area contributed by atoms with Crippen molar-refractivity contribution in [1.29, 1.82) is 0 Å². The lowest BCUT2D eigenvalue weighted by molar-refractivity contribution is -0.261. The van der Waals surface area contributed by atoms with Crippen molar-refractivity contribution in [3.05, 3.63) is 95.6 Å². The fourth-order valence-electron chi connectivity index (χ4n) is 4.43. The van der Waals surface area contributed by atoms with Crippen molar-refractivity contribution in [2.75, 3.05) is 7.05 Å². The van der Waals surface area contributed by atoms with Crippen molar-refractivity contribution in [1.82, 2.24) is 9.96 Å². The molecule has 1 saturated heterocycles. The van der Waals surface area contributed by atoms with Crippen molar-refractivity contribution < 1.29 is 40.8 Å². The number of nitrogens with zero attached hydrogens (tertiary/aromatic N) is 2. The van der Waals surface area contributed by atoms with Crippen molar-refractivity contribution in [2.45, 2.75) is 24.2 Å². The molecule has 0 aliphatic carbocycles. The van der Waals surface area contributed by atoms with Crippen LogP contribution in [0.2, 0.25) is 0 Å². The van der Waals surface area contributed by atoms with Gasteiger partial charge in [-0.05, 0) is 16.7 Å². The molecule has 6 nitrogen and oxygen atoms in total. The summed E-state index contributed by atoms with van der Waals surface area (Å²) < 4.78 is 84.0. The van der Waals surface area contributed by atoms with Gasteiger partial charge in [-0.2, -0.15) is 26.3 Å². The molecule has 1 aliphatic heterocycles. The summed E-state index contributed by atoms with van der Waals surface area (Å²) in [5.74, 6) is -3.88. The van der Waals surface area contributed by atoms with Crippen LogP contribution in [0.3, 0.4) is 0 Å². The largest absolute Gasteiger partial charge is 0.492 e. The normalized spacial score (nSPS) is 20.8. The molecule has 2 unspecified atom stereocenters. The van der Waals surface area contributed by atoms with E-state index in [4.69, 9.17) is 5.73 Å². The van der Waals surface area contributed by atoms with Crippen molar-refractivity contribution in [3.63, 3.8) is 0 Å². The SMILES string of the molecule is CN1C(=O)C(c2ccccc2)(c2cccc(-c3ccccc3)c2C(F)(F)F)N(OC(=O)C(F)(F)F)C1N. The zero-order valence-corrected chi connectivity index (χ0v) is 19.0. The predicted octanol–water partition coefficient (Wildman–Crippen LogP) is 4.65. The fourth-order valence-corrected chi connectivity index (χ4v) is 4.43. The molecule has 3 aromatic rings. The summed E-state index contributed by atoms with van der Waals surface area (Å²) >= 11 is 0. The molecule has 2 atom stereocenters. The molecule has 37 heavy (non-hydrogen) atoms. The third-order valence-corrected chi connectivity index (χ3v) is 6.02. The molecule has 0 saturated carbocycles. The van der Waals surface area contributed by atoms with Crippen LogP contribution in [0.5, 0.6) is 0 Å². The highest BCUT2D eigenvalue weighted by atomic mass is 19.4. The third kappa shape index (κ3) is 4.31. The highest BCUT2D eigenvalue weighted by Gasteiger charge is 2.64. The second-order valence-corrected chi connectivity index (χ2v) is 8.20. The maximum atomic E-state index is 14.8. The van der Waals surface area contributed by atoms with Crippen LogP contribution in [0, 0.1) is 0 Å². The monoisotopic (exact) mass is 523 g/mol. The first kappa shape index (κ1) is 26.2. The third-order valence-electron chi connectivity index (χ3n) is 6.02. The number of alkyl halides is 6. The zero-order chi connectivity index (χ0) is 27.2. The highest BCUT2D eigenvalue weighted by Crippen LogP contribution is 2.50. The van der Waals surface area contributed by atoms with Crippen molar-refractivity contribution in [3.8, 4) is 11.1 Å². The number of rotatable bonds is 4. The molecule has 0 bridgehead atoms. The Balaban J connectivity index is 2.12. The summed E-state index contributed by atoms with van der Waals surface area (Å²) in [6.07, 6.45) is -12.5. The van der Waals surface area contributed by atoms with Gasteiger partial charge in [0.1, 0.15) is 0 Å². The lowest BCUT2D eigenvalue weighted by atomic mass is 9.77. The number of hydrogen-bond acceptors (Lipinski definition) is 5. The van der Waals surface area contributed by atoms with Crippen molar-refractivity contribution in [2.24, 2.45) is 5.73 Å². The summed E-state index contributed by atoms with van der Waals surface area (Å²) in [5, 5.41) is 0.180. The minimum absolute atomic E-state index is 0.141. The number of benzene rings is 3. The van der Waals surface area contributed by atoms with Gasteiger partial charge in [0.15, 0.2) is 11.8 Å². The number of nitrogens with two attached hydrogens (primary N) is 1. The molecule has 3 aromatic carbocycles. The van der Waals surface area contributed by atoms with Gasteiger partial charge in [0.25, 0.3) is 5.91 Å². The summed E-state index contributed by atoms with van der Waals surface area (Å²) in [4.78, 5) is 31.0. The topological polar surface area (TPSA) is 75.9 Å². The smallest absolute Gasteiger partial charge is 0.356 e. The summed E-state index contributed by atoms with van der Waals surface area (Å²) in [7, 11) is 1.08. The molecule has 194 valence electrons. The molecular formula is C25H19F6N3O3. The highest BCUT2D eigenvalue weighted by molar-refractivity contribution is 5.95. The van der Waals surface area contributed by atoms with Crippen LogP contribution in [0.25, 0.3) is 11.1 Å². The van der Waals surface area contributed by atoms with Gasteiger partial charge < -0.3 is 9.74 Å². The average molecular weight is 523 g/mol. The Kier molecular flexibility index (Phi) is 6.51. The van der Waals surface area contributed by atoms with Crippen LogP contribution in [0.1, 0.15) is 16.7 Å². The number of hydrogen-bond donors (Lipinski definition) is 1. The molecule has 0 radical (unpaired) electrons. The molecule has 12 heteroatoms. The molecule has 1 aliphatic rings. The Morgan fingerprint density at radius 1 is 0.892 bits per heavy atom. The maximum absolute atomic E-state index is 14.8. The number of hydroxylamine groups is 2. The molecule has 0 aromatic heterocycles. The Morgan fingerprint density at radius 2 is 1.46 bits per heavy atom. The number of halogens is 6. The van der Waals surface area contributed by atoms with Crippen molar-refractivity contribution >= 4 is 11.9 Å². The van der Waals surface area contributed by atoms with Crippen LogP contribution in [-0.4, -0.2) is 41.4 Å². The van der Waals surface area contributed by atoms with Crippen LogP contribution in [0.4, 0.5) is 26.3 Å². The number of carbonyl (C=O) groups is 2. The lowest BCUT2D eigenvalue weighted by Gasteiger charge is -2.37. The molecule has 4 rings (SSSR count). The Morgan fingerprint density at radius 3 is 2.00 bits per heavy atom. The first-order chi connectivity index (χ1) is 17.3. The first-order valence-corrected chi connectivity index (χ1v) is 10.7. The number of likely N-dealkylation sites (N-methyl/N-ethyl adjacent to an activating group) is 1. The summed E-state index contributed by atoms with van der Waals surface area (Å²) in [5.41, 5.74) is 0.828. The van der Waals surface area contributed by atoms with Gasteiger partial charge in [0.2, 0.25) is 0 Å². The zero-order valence-electron chi connectivity index (χ0n) is 19.0. The molecule has 2 N–H and O–H groups in total. The second kappa shape index (κ2) is 9.20. The predicted molar refractivity (Wildman–Crippen MR) is 119 cm³/mol. The van der Waals surface area contributed by atoms with E-state index < -0.39 is 47.2 Å². The van der Waals surface area contributed by atoms with E-state index in [9.17, 15) is 35.9 Å². The quantitative estimate of drug-likeness (QED) is 0.504. The minimum Gasteiger partial charge on any atom is -0.356 e. The van der Waals surface area contributed by atoms with Gasteiger partial charge in [-0.25, -0.2) is 4.79 Å². The molecule has 1 amide bonds. The van der Waals surface area contributed by atoms with Gasteiger partial charge >= 0.3 is 18.3 Å². The van der Waals surface area contributed by atoms with Gasteiger partial charge in [-0.3, -0.25) is 10.5 Å². The Labute approximate surface area is 206 Å². The van der Waals surface area contributed by atoms with E-state index in [1.165, 1.54) is 66.7 Å². The van der Waals surface area contributed by atoms with E-state index in [0.29, 0.717) is 4.90 Å². The Bertz CT molecular complexity index is 1310. The second-order valence-electron chi connectivity index (χ2n) is 8.20. The summed E-state index contributed by atoms with van der Waals surface area (Å²) in [6, 6.07) is 17.6. The molecular weight excluding hydrogens is 504 g/mol. The number of carbonyl (C=O) groups excluding carboxylic acids is 2. The van der Waals surface area contributed by atoms with Crippen LogP contribution in [0.15, 0.2) is 78.9 Å². The van der Waals surface area contributed by atoms with Gasteiger partial charge in [0, 0.05) is 12.6 Å². The average Bonchev–Trinajstić information content (AvgIpc) is 3.04. The molecule has 1 fully saturated rings. The van der Waals surface area contributed by atoms with Crippen LogP contribution in [-0.2, 0) is 26.1 Å².